The lowest BCUT2D eigenvalue weighted by Crippen LogP contribution is -2.47. The quantitative estimate of drug-likeness (QED) is 0.613. The number of rotatable bonds is 8. The molecule has 7 heteroatoms. The molecular weight excluding hydrogens is 424 g/mol. The second-order valence-corrected chi connectivity index (χ2v) is 10.2. The van der Waals surface area contributed by atoms with Gasteiger partial charge in [-0.2, -0.15) is 0 Å². The SMILES string of the molecule is CC(C(=O)Nc1cncc(N2CCCC2)n1)c1ccc(N2CCC[C@@H](NCC3CCC3)C2)cc1. The van der Waals surface area contributed by atoms with E-state index in [9.17, 15) is 4.79 Å². The van der Waals surface area contributed by atoms with Gasteiger partial charge in [-0.05, 0) is 75.6 Å². The van der Waals surface area contributed by atoms with Gasteiger partial charge in [-0.1, -0.05) is 18.6 Å². The molecule has 3 aliphatic rings. The molecular formula is C27H38N6O. The second-order valence-electron chi connectivity index (χ2n) is 10.2. The van der Waals surface area contributed by atoms with Crippen LogP contribution in [-0.4, -0.2) is 54.6 Å². The summed E-state index contributed by atoms with van der Waals surface area (Å²) in [7, 11) is 0. The van der Waals surface area contributed by atoms with Crippen molar-refractivity contribution in [3.8, 4) is 0 Å². The van der Waals surface area contributed by atoms with E-state index in [1.54, 1.807) is 12.4 Å². The van der Waals surface area contributed by atoms with E-state index >= 15 is 0 Å². The highest BCUT2D eigenvalue weighted by Gasteiger charge is 2.24. The Hall–Kier alpha value is -2.67. The summed E-state index contributed by atoms with van der Waals surface area (Å²) in [5.41, 5.74) is 2.26. The van der Waals surface area contributed by atoms with Gasteiger partial charge < -0.3 is 20.4 Å². The van der Waals surface area contributed by atoms with Crippen LogP contribution < -0.4 is 20.4 Å². The zero-order valence-corrected chi connectivity index (χ0v) is 20.4. The fraction of sp³-hybridized carbons (Fsp3) is 0.593. The number of nitrogens with zero attached hydrogens (tertiary/aromatic N) is 4. The fourth-order valence-electron chi connectivity index (χ4n) is 5.28. The summed E-state index contributed by atoms with van der Waals surface area (Å²) in [6.07, 6.45) is 12.4. The van der Waals surface area contributed by atoms with Gasteiger partial charge in [-0.25, -0.2) is 4.98 Å². The molecule has 1 aliphatic carbocycles. The van der Waals surface area contributed by atoms with Gasteiger partial charge >= 0.3 is 0 Å². The Bertz CT molecular complexity index is 954. The Morgan fingerprint density at radius 2 is 1.76 bits per heavy atom. The maximum atomic E-state index is 12.9. The minimum atomic E-state index is -0.260. The van der Waals surface area contributed by atoms with Gasteiger partial charge in [0.1, 0.15) is 5.82 Å². The normalized spacial score (nSPS) is 21.9. The molecule has 34 heavy (non-hydrogen) atoms. The number of benzene rings is 1. The summed E-state index contributed by atoms with van der Waals surface area (Å²) in [6, 6.07) is 9.10. The molecule has 0 bridgehead atoms. The number of nitrogens with one attached hydrogen (secondary N) is 2. The van der Waals surface area contributed by atoms with Gasteiger partial charge in [-0.3, -0.25) is 9.78 Å². The van der Waals surface area contributed by atoms with E-state index in [1.807, 2.05) is 6.92 Å². The average molecular weight is 463 g/mol. The standard InChI is InChI=1S/C27H38N6O/c1-20(27(34)31-25-17-28-18-26(30-25)32-13-2-3-14-32)22-9-11-24(12-10-22)33-15-5-8-23(19-33)29-16-21-6-4-7-21/h9-12,17-18,20-21,23,29H,2-8,13-16,19H2,1H3,(H,30,31,34)/t20?,23-/m1/s1. The summed E-state index contributed by atoms with van der Waals surface area (Å²) < 4.78 is 0. The molecule has 2 N–H and O–H groups in total. The first kappa shape index (κ1) is 23.1. The monoisotopic (exact) mass is 462 g/mol. The molecule has 5 rings (SSSR count). The lowest BCUT2D eigenvalue weighted by atomic mass is 9.85. The number of carbonyl (C=O) groups is 1. The first-order valence-electron chi connectivity index (χ1n) is 13.1. The Morgan fingerprint density at radius 1 is 1.00 bits per heavy atom. The molecule has 1 saturated carbocycles. The number of amides is 1. The summed E-state index contributed by atoms with van der Waals surface area (Å²) in [5.74, 6) is 1.94. The third-order valence-electron chi connectivity index (χ3n) is 7.80. The van der Waals surface area contributed by atoms with Crippen molar-refractivity contribution in [2.75, 3.05) is 47.8 Å². The van der Waals surface area contributed by atoms with Crippen LogP contribution >= 0.6 is 0 Å². The van der Waals surface area contributed by atoms with Crippen molar-refractivity contribution in [3.05, 3.63) is 42.2 Å². The Kier molecular flexibility index (Phi) is 7.28. The molecule has 1 unspecified atom stereocenters. The van der Waals surface area contributed by atoms with Gasteiger partial charge in [0, 0.05) is 37.9 Å². The average Bonchev–Trinajstić information content (AvgIpc) is 3.38. The van der Waals surface area contributed by atoms with Crippen molar-refractivity contribution >= 4 is 23.2 Å². The predicted octanol–water partition coefficient (Wildman–Crippen LogP) is 4.18. The topological polar surface area (TPSA) is 73.4 Å². The Labute approximate surface area is 203 Å². The largest absolute Gasteiger partial charge is 0.370 e. The molecule has 2 aliphatic heterocycles. The summed E-state index contributed by atoms with van der Waals surface area (Å²) in [5, 5.41) is 6.77. The number of anilines is 3. The van der Waals surface area contributed by atoms with E-state index in [0.717, 1.165) is 43.5 Å². The number of aromatic nitrogens is 2. The minimum Gasteiger partial charge on any atom is -0.370 e. The zero-order valence-electron chi connectivity index (χ0n) is 20.4. The van der Waals surface area contributed by atoms with Gasteiger partial charge in [-0.15, -0.1) is 0 Å². The van der Waals surface area contributed by atoms with E-state index in [0.29, 0.717) is 11.9 Å². The van der Waals surface area contributed by atoms with Crippen molar-refractivity contribution in [1.82, 2.24) is 15.3 Å². The highest BCUT2D eigenvalue weighted by Crippen LogP contribution is 2.27. The number of carbonyl (C=O) groups excluding carboxylic acids is 1. The van der Waals surface area contributed by atoms with Crippen molar-refractivity contribution in [2.24, 2.45) is 5.92 Å². The summed E-state index contributed by atoms with van der Waals surface area (Å²) in [6.45, 7) is 7.29. The third kappa shape index (κ3) is 5.52. The molecule has 7 nitrogen and oxygen atoms in total. The summed E-state index contributed by atoms with van der Waals surface area (Å²) in [4.78, 5) is 26.5. The first-order valence-corrected chi connectivity index (χ1v) is 13.1. The van der Waals surface area contributed by atoms with Crippen LogP contribution in [0.15, 0.2) is 36.7 Å². The lowest BCUT2D eigenvalue weighted by Gasteiger charge is -2.36. The second kappa shape index (κ2) is 10.7. The summed E-state index contributed by atoms with van der Waals surface area (Å²) >= 11 is 0. The highest BCUT2D eigenvalue weighted by atomic mass is 16.1. The smallest absolute Gasteiger partial charge is 0.232 e. The molecule has 1 aromatic carbocycles. The van der Waals surface area contributed by atoms with Crippen molar-refractivity contribution in [2.45, 2.75) is 63.8 Å². The molecule has 3 fully saturated rings. The first-order chi connectivity index (χ1) is 16.7. The molecule has 3 heterocycles. The number of piperidine rings is 1. The van der Waals surface area contributed by atoms with E-state index in [-0.39, 0.29) is 11.8 Å². The van der Waals surface area contributed by atoms with Gasteiger partial charge in [0.05, 0.1) is 18.3 Å². The maximum absolute atomic E-state index is 12.9. The maximum Gasteiger partial charge on any atom is 0.232 e. The predicted molar refractivity (Wildman–Crippen MR) is 138 cm³/mol. The van der Waals surface area contributed by atoms with Crippen LogP contribution in [0.3, 0.4) is 0 Å². The van der Waals surface area contributed by atoms with Crippen LogP contribution in [0.25, 0.3) is 0 Å². The molecule has 1 aromatic heterocycles. The van der Waals surface area contributed by atoms with Crippen LogP contribution in [-0.2, 0) is 4.79 Å². The zero-order chi connectivity index (χ0) is 23.3. The molecule has 182 valence electrons. The van der Waals surface area contributed by atoms with Crippen LogP contribution in [0.5, 0.6) is 0 Å². The van der Waals surface area contributed by atoms with Gasteiger partial charge in [0.25, 0.3) is 0 Å². The van der Waals surface area contributed by atoms with E-state index in [4.69, 9.17) is 0 Å². The Balaban J connectivity index is 1.16. The highest BCUT2D eigenvalue weighted by molar-refractivity contribution is 5.94. The lowest BCUT2D eigenvalue weighted by molar-refractivity contribution is -0.117. The number of hydrogen-bond acceptors (Lipinski definition) is 6. The molecule has 0 radical (unpaired) electrons. The van der Waals surface area contributed by atoms with Gasteiger partial charge in [0.2, 0.25) is 5.91 Å². The molecule has 0 spiro atoms. The van der Waals surface area contributed by atoms with Crippen LogP contribution in [0.4, 0.5) is 17.3 Å². The molecule has 2 atom stereocenters. The minimum absolute atomic E-state index is 0.0566. The molecule has 1 amide bonds. The third-order valence-corrected chi connectivity index (χ3v) is 7.80. The van der Waals surface area contributed by atoms with E-state index in [1.165, 1.54) is 57.2 Å². The van der Waals surface area contributed by atoms with E-state index < -0.39 is 0 Å². The van der Waals surface area contributed by atoms with Crippen LogP contribution in [0.1, 0.15) is 63.4 Å². The molecule has 2 aromatic rings. The van der Waals surface area contributed by atoms with Crippen molar-refractivity contribution in [3.63, 3.8) is 0 Å². The van der Waals surface area contributed by atoms with Crippen molar-refractivity contribution < 1.29 is 4.79 Å². The van der Waals surface area contributed by atoms with E-state index in [2.05, 4.69) is 54.7 Å². The number of hydrogen-bond donors (Lipinski definition) is 2. The van der Waals surface area contributed by atoms with Crippen LogP contribution in [0.2, 0.25) is 0 Å². The van der Waals surface area contributed by atoms with Crippen molar-refractivity contribution in [1.29, 1.82) is 0 Å². The Morgan fingerprint density at radius 3 is 2.50 bits per heavy atom. The molecule has 2 saturated heterocycles. The van der Waals surface area contributed by atoms with Gasteiger partial charge in [0.15, 0.2) is 5.82 Å². The van der Waals surface area contributed by atoms with Crippen LogP contribution in [0, 0.1) is 5.92 Å². The fourth-order valence-corrected chi connectivity index (χ4v) is 5.28.